The molecular weight excluding hydrogens is 228 g/mol. The van der Waals surface area contributed by atoms with Crippen LogP contribution in [-0.4, -0.2) is 17.0 Å². The highest BCUT2D eigenvalue weighted by Gasteiger charge is 1.91. The SMILES string of the molecule is [2H]C(O)CCCCCCCCCCBr. The third-order valence-electron chi connectivity index (χ3n) is 2.22. The summed E-state index contributed by atoms with van der Waals surface area (Å²) < 4.78 is 6.92. The van der Waals surface area contributed by atoms with Gasteiger partial charge in [0.1, 0.15) is 0 Å². The Bertz CT molecular complexity index is 109. The van der Waals surface area contributed by atoms with Crippen LogP contribution in [0, 0.1) is 0 Å². The minimum Gasteiger partial charge on any atom is -0.396 e. The fourth-order valence-corrected chi connectivity index (χ4v) is 1.79. The quantitative estimate of drug-likeness (QED) is 0.462. The first-order chi connectivity index (χ1) is 6.77. The maximum Gasteiger partial charge on any atom is 0.0564 e. The minimum absolute atomic E-state index is 0.642. The third kappa shape index (κ3) is 12.4. The monoisotopic (exact) mass is 251 g/mol. The standard InChI is InChI=1S/C11H23BrO/c12-10-8-6-4-2-1-3-5-7-9-11-13/h13H,1-11H2/i11D. The predicted octanol–water partition coefficient (Wildman–Crippen LogP) is 3.88. The number of aliphatic hydroxyl groups is 1. The molecule has 1 N–H and O–H groups in total. The summed E-state index contributed by atoms with van der Waals surface area (Å²) in [5.41, 5.74) is 0. The Balaban J connectivity index is 2.85. The lowest BCUT2D eigenvalue weighted by molar-refractivity contribution is 0.282. The molecule has 1 atom stereocenters. The van der Waals surface area contributed by atoms with Crippen LogP contribution in [0.1, 0.15) is 59.2 Å². The van der Waals surface area contributed by atoms with Gasteiger partial charge in [0.05, 0.1) is 1.37 Å². The Kier molecular flexibility index (Phi) is 11.0. The largest absolute Gasteiger partial charge is 0.396 e. The summed E-state index contributed by atoms with van der Waals surface area (Å²) >= 11 is 3.42. The molecule has 0 saturated carbocycles. The van der Waals surface area contributed by atoms with Crippen LogP contribution in [-0.2, 0) is 0 Å². The molecule has 1 unspecified atom stereocenters. The van der Waals surface area contributed by atoms with Crippen molar-refractivity contribution < 1.29 is 6.48 Å². The molecule has 0 heterocycles. The lowest BCUT2D eigenvalue weighted by Crippen LogP contribution is -1.84. The molecule has 0 fully saturated rings. The molecule has 0 bridgehead atoms. The second kappa shape index (κ2) is 12.4. The van der Waals surface area contributed by atoms with E-state index in [0.29, 0.717) is 6.42 Å². The molecule has 2 heteroatoms. The average molecular weight is 252 g/mol. The zero-order valence-corrected chi connectivity index (χ0v) is 10.1. The number of rotatable bonds is 10. The highest BCUT2D eigenvalue weighted by molar-refractivity contribution is 9.09. The van der Waals surface area contributed by atoms with E-state index < -0.39 is 6.58 Å². The molecule has 0 radical (unpaired) electrons. The molecule has 0 rings (SSSR count). The first kappa shape index (κ1) is 11.5. The van der Waals surface area contributed by atoms with Gasteiger partial charge in [0.2, 0.25) is 0 Å². The lowest BCUT2D eigenvalue weighted by Gasteiger charge is -2.00. The molecule has 0 aliphatic heterocycles. The van der Waals surface area contributed by atoms with E-state index in [1.165, 1.54) is 44.9 Å². The fourth-order valence-electron chi connectivity index (χ4n) is 1.39. The van der Waals surface area contributed by atoms with Gasteiger partial charge in [0.15, 0.2) is 0 Å². The molecule has 0 aromatic carbocycles. The smallest absolute Gasteiger partial charge is 0.0564 e. The number of alkyl halides is 1. The zero-order valence-electron chi connectivity index (χ0n) is 9.47. The van der Waals surface area contributed by atoms with Crippen molar-refractivity contribution in [1.29, 1.82) is 0 Å². The van der Waals surface area contributed by atoms with Crippen molar-refractivity contribution in [3.8, 4) is 0 Å². The highest BCUT2D eigenvalue weighted by Crippen LogP contribution is 2.09. The van der Waals surface area contributed by atoms with Gasteiger partial charge < -0.3 is 5.11 Å². The normalized spacial score (nSPS) is 14.2. The van der Waals surface area contributed by atoms with Crippen molar-refractivity contribution in [3.63, 3.8) is 0 Å². The molecule has 0 amide bonds. The summed E-state index contributed by atoms with van der Waals surface area (Å²) in [6.45, 7) is -0.853. The molecule has 0 spiro atoms. The Hall–Kier alpha value is 0.440. The summed E-state index contributed by atoms with van der Waals surface area (Å²) in [4.78, 5) is 0. The van der Waals surface area contributed by atoms with Crippen molar-refractivity contribution in [2.24, 2.45) is 0 Å². The number of aliphatic hydroxyl groups excluding tert-OH is 1. The van der Waals surface area contributed by atoms with Gasteiger partial charge in [-0.1, -0.05) is 60.9 Å². The number of hydrogen-bond donors (Lipinski definition) is 1. The Morgan fingerprint density at radius 2 is 1.15 bits per heavy atom. The Labute approximate surface area is 92.5 Å². The first-order valence-electron chi connectivity index (χ1n) is 6.01. The molecule has 1 nitrogen and oxygen atoms in total. The van der Waals surface area contributed by atoms with Crippen molar-refractivity contribution >= 4 is 15.9 Å². The topological polar surface area (TPSA) is 20.2 Å². The van der Waals surface area contributed by atoms with Gasteiger partial charge in [0, 0.05) is 11.9 Å². The van der Waals surface area contributed by atoms with Gasteiger partial charge in [-0.25, -0.2) is 0 Å². The highest BCUT2D eigenvalue weighted by atomic mass is 79.9. The first-order valence-corrected chi connectivity index (χ1v) is 6.56. The number of halogens is 1. The summed E-state index contributed by atoms with van der Waals surface area (Å²) in [7, 11) is 0. The molecule has 0 aromatic heterocycles. The molecule has 80 valence electrons. The van der Waals surface area contributed by atoms with E-state index in [-0.39, 0.29) is 0 Å². The third-order valence-corrected chi connectivity index (χ3v) is 2.78. The molecular formula is C11H23BrO. The molecule has 0 saturated heterocycles. The maximum absolute atomic E-state index is 8.71. The summed E-state index contributed by atoms with van der Waals surface area (Å²) in [6, 6.07) is 0. The van der Waals surface area contributed by atoms with Gasteiger partial charge in [-0.2, -0.15) is 0 Å². The second-order valence-corrected chi connectivity index (χ2v) is 4.28. The summed E-state index contributed by atoms with van der Waals surface area (Å²) in [5.74, 6) is 0. The molecule has 0 aliphatic rings. The van der Waals surface area contributed by atoms with E-state index in [4.69, 9.17) is 6.48 Å². The second-order valence-electron chi connectivity index (χ2n) is 3.49. The van der Waals surface area contributed by atoms with E-state index in [1.54, 1.807) is 0 Å². The molecule has 13 heavy (non-hydrogen) atoms. The van der Waals surface area contributed by atoms with Crippen LogP contribution < -0.4 is 0 Å². The average Bonchev–Trinajstić information content (AvgIpc) is 2.15. The van der Waals surface area contributed by atoms with Gasteiger partial charge in [-0.15, -0.1) is 0 Å². The van der Waals surface area contributed by atoms with Crippen LogP contribution in [0.4, 0.5) is 0 Å². The van der Waals surface area contributed by atoms with Crippen molar-refractivity contribution in [2.45, 2.75) is 57.8 Å². The summed E-state index contributed by atoms with van der Waals surface area (Å²) in [5, 5.41) is 9.85. The van der Waals surface area contributed by atoms with Gasteiger partial charge in [-0.3, -0.25) is 0 Å². The minimum atomic E-state index is -0.853. The van der Waals surface area contributed by atoms with E-state index in [1.807, 2.05) is 0 Å². The van der Waals surface area contributed by atoms with Crippen LogP contribution in [0.3, 0.4) is 0 Å². The van der Waals surface area contributed by atoms with Crippen molar-refractivity contribution in [3.05, 3.63) is 0 Å². The Morgan fingerprint density at radius 3 is 1.54 bits per heavy atom. The number of unbranched alkanes of at least 4 members (excludes halogenated alkanes) is 7. The number of hydrogen-bond acceptors (Lipinski definition) is 1. The van der Waals surface area contributed by atoms with Gasteiger partial charge in [-0.05, 0) is 12.8 Å². The van der Waals surface area contributed by atoms with Crippen LogP contribution in [0.25, 0.3) is 0 Å². The van der Waals surface area contributed by atoms with Crippen molar-refractivity contribution in [2.75, 3.05) is 11.9 Å². The van der Waals surface area contributed by atoms with Crippen molar-refractivity contribution in [1.82, 2.24) is 0 Å². The van der Waals surface area contributed by atoms with E-state index in [0.717, 1.165) is 11.8 Å². The van der Waals surface area contributed by atoms with Crippen LogP contribution >= 0.6 is 15.9 Å². The lowest BCUT2D eigenvalue weighted by atomic mass is 10.1. The predicted molar refractivity (Wildman–Crippen MR) is 62.4 cm³/mol. The Morgan fingerprint density at radius 1 is 0.769 bits per heavy atom. The van der Waals surface area contributed by atoms with Crippen LogP contribution in [0.2, 0.25) is 0 Å². The zero-order chi connectivity index (χ0) is 10.6. The summed E-state index contributed by atoms with van der Waals surface area (Å²) in [6.07, 6.45) is 10.7. The van der Waals surface area contributed by atoms with Crippen LogP contribution in [0.15, 0.2) is 0 Å². The van der Waals surface area contributed by atoms with Gasteiger partial charge >= 0.3 is 0 Å². The van der Waals surface area contributed by atoms with Crippen LogP contribution in [0.5, 0.6) is 0 Å². The molecule has 0 aromatic rings. The van der Waals surface area contributed by atoms with E-state index in [2.05, 4.69) is 15.9 Å². The van der Waals surface area contributed by atoms with Gasteiger partial charge in [0.25, 0.3) is 0 Å². The van der Waals surface area contributed by atoms with E-state index in [9.17, 15) is 0 Å². The van der Waals surface area contributed by atoms with E-state index >= 15 is 0 Å². The fraction of sp³-hybridized carbons (Fsp3) is 1.00. The maximum atomic E-state index is 8.71. The molecule has 0 aliphatic carbocycles.